The Morgan fingerprint density at radius 3 is 2.68 bits per heavy atom. The molecule has 0 fully saturated rings. The van der Waals surface area contributed by atoms with Gasteiger partial charge in [0.25, 0.3) is 0 Å². The highest BCUT2D eigenvalue weighted by Crippen LogP contribution is 2.26. The van der Waals surface area contributed by atoms with Gasteiger partial charge < -0.3 is 4.74 Å². The van der Waals surface area contributed by atoms with Crippen molar-refractivity contribution in [2.45, 2.75) is 26.5 Å². The lowest BCUT2D eigenvalue weighted by atomic mass is 10.2. The van der Waals surface area contributed by atoms with E-state index in [1.807, 2.05) is 0 Å². The maximum absolute atomic E-state index is 11.8. The first-order valence-electron chi connectivity index (χ1n) is 6.71. The summed E-state index contributed by atoms with van der Waals surface area (Å²) in [6.45, 7) is 3.38. The van der Waals surface area contributed by atoms with Gasteiger partial charge in [0.05, 0.1) is 19.3 Å². The van der Waals surface area contributed by atoms with Crippen LogP contribution in [-0.4, -0.2) is 49.3 Å². The van der Waals surface area contributed by atoms with E-state index in [-0.39, 0.29) is 12.5 Å². The molecule has 3 rings (SSSR count). The van der Waals surface area contributed by atoms with Crippen molar-refractivity contribution < 1.29 is 14.3 Å². The van der Waals surface area contributed by atoms with Crippen molar-refractivity contribution in [2.75, 3.05) is 11.4 Å². The van der Waals surface area contributed by atoms with Gasteiger partial charge in [-0.1, -0.05) is 0 Å². The van der Waals surface area contributed by atoms with E-state index in [2.05, 4.69) is 20.2 Å². The molecule has 0 radical (unpaired) electrons. The molecule has 114 valence electrons. The van der Waals surface area contributed by atoms with E-state index in [1.54, 1.807) is 23.2 Å². The van der Waals surface area contributed by atoms with Crippen molar-refractivity contribution in [3.63, 3.8) is 0 Å². The van der Waals surface area contributed by atoms with Crippen molar-refractivity contribution in [3.8, 4) is 11.5 Å². The van der Waals surface area contributed by atoms with E-state index < -0.39 is 12.1 Å². The summed E-state index contributed by atoms with van der Waals surface area (Å²) in [6, 6.07) is 0. The molecule has 2 aromatic heterocycles. The second kappa shape index (κ2) is 5.51. The van der Waals surface area contributed by atoms with Gasteiger partial charge in [0.1, 0.15) is 11.8 Å². The number of fused-ring (bicyclic) bond motifs is 1. The Bertz CT molecular complexity index is 714. The number of ether oxygens (including phenoxy) is 1. The fourth-order valence-electron chi connectivity index (χ4n) is 2.39. The first-order chi connectivity index (χ1) is 10.6. The zero-order valence-corrected chi connectivity index (χ0v) is 12.1. The van der Waals surface area contributed by atoms with Crippen LogP contribution in [-0.2, 0) is 20.9 Å². The molecule has 1 amide bonds. The maximum atomic E-state index is 11.8. The van der Waals surface area contributed by atoms with Crippen LogP contribution in [0.3, 0.4) is 0 Å². The zero-order valence-electron chi connectivity index (χ0n) is 12.1. The first kappa shape index (κ1) is 14.1. The van der Waals surface area contributed by atoms with Gasteiger partial charge in [-0.25, -0.2) is 4.98 Å². The Morgan fingerprint density at radius 2 is 2.05 bits per heavy atom. The number of aromatic nitrogens is 5. The molecule has 0 saturated heterocycles. The van der Waals surface area contributed by atoms with E-state index >= 15 is 0 Å². The SMILES string of the molecule is CC(=O)O[C@@H]1CN(C(C)=O)c2nnc(-c3cnccn3)n2C1. The molecule has 0 spiro atoms. The lowest BCUT2D eigenvalue weighted by molar-refractivity contribution is -0.147. The summed E-state index contributed by atoms with van der Waals surface area (Å²) in [5.74, 6) is 0.296. The zero-order chi connectivity index (χ0) is 15.7. The molecule has 3 heterocycles. The molecule has 2 aromatic rings. The van der Waals surface area contributed by atoms with Gasteiger partial charge in [-0.05, 0) is 0 Å². The van der Waals surface area contributed by atoms with Gasteiger partial charge in [-0.3, -0.25) is 24.0 Å². The summed E-state index contributed by atoms with van der Waals surface area (Å²) in [6.07, 6.45) is 4.21. The molecular formula is C13H14N6O3. The van der Waals surface area contributed by atoms with E-state index in [0.29, 0.717) is 24.0 Å². The number of nitrogens with zero attached hydrogens (tertiary/aromatic N) is 6. The molecule has 0 saturated carbocycles. The van der Waals surface area contributed by atoms with Crippen LogP contribution in [0, 0.1) is 0 Å². The second-order valence-electron chi connectivity index (χ2n) is 4.89. The molecular weight excluding hydrogens is 288 g/mol. The van der Waals surface area contributed by atoms with Crippen LogP contribution in [0.1, 0.15) is 13.8 Å². The molecule has 0 N–H and O–H groups in total. The lowest BCUT2D eigenvalue weighted by Gasteiger charge is -2.31. The van der Waals surface area contributed by atoms with E-state index in [4.69, 9.17) is 4.74 Å². The van der Waals surface area contributed by atoms with Crippen LogP contribution in [0.5, 0.6) is 0 Å². The number of amides is 1. The summed E-state index contributed by atoms with van der Waals surface area (Å²) in [5.41, 5.74) is 0.535. The fourth-order valence-corrected chi connectivity index (χ4v) is 2.39. The van der Waals surface area contributed by atoms with Crippen LogP contribution in [0.25, 0.3) is 11.5 Å². The van der Waals surface area contributed by atoms with Crippen LogP contribution >= 0.6 is 0 Å². The fraction of sp³-hybridized carbons (Fsp3) is 0.385. The van der Waals surface area contributed by atoms with Crippen molar-refractivity contribution in [1.29, 1.82) is 0 Å². The van der Waals surface area contributed by atoms with Crippen LogP contribution < -0.4 is 4.90 Å². The molecule has 0 aromatic carbocycles. The molecule has 1 atom stereocenters. The summed E-state index contributed by atoms with van der Waals surface area (Å²) in [7, 11) is 0. The maximum Gasteiger partial charge on any atom is 0.303 e. The van der Waals surface area contributed by atoms with Crippen molar-refractivity contribution in [1.82, 2.24) is 24.7 Å². The van der Waals surface area contributed by atoms with Gasteiger partial charge in [0, 0.05) is 26.2 Å². The minimum Gasteiger partial charge on any atom is -0.459 e. The second-order valence-corrected chi connectivity index (χ2v) is 4.89. The Labute approximate surface area is 125 Å². The van der Waals surface area contributed by atoms with Crippen molar-refractivity contribution in [2.24, 2.45) is 0 Å². The Balaban J connectivity index is 2.02. The van der Waals surface area contributed by atoms with Crippen molar-refractivity contribution in [3.05, 3.63) is 18.6 Å². The smallest absolute Gasteiger partial charge is 0.303 e. The van der Waals surface area contributed by atoms with Gasteiger partial charge in [-0.15, -0.1) is 10.2 Å². The third-order valence-electron chi connectivity index (χ3n) is 3.25. The quantitative estimate of drug-likeness (QED) is 0.721. The van der Waals surface area contributed by atoms with Gasteiger partial charge in [0.2, 0.25) is 11.9 Å². The average molecular weight is 302 g/mol. The third kappa shape index (κ3) is 2.52. The standard InChI is InChI=1S/C13H14N6O3/c1-8(20)18-6-10(22-9(2)21)7-19-12(16-17-13(18)19)11-5-14-3-4-15-11/h3-5,10H,6-7H2,1-2H3/t10-/m1/s1. The molecule has 0 aliphatic carbocycles. The Hall–Kier alpha value is -2.84. The number of esters is 1. The minimum atomic E-state index is -0.458. The lowest BCUT2D eigenvalue weighted by Crippen LogP contribution is -2.45. The number of carbonyl (C=O) groups is 2. The number of hydrogen-bond acceptors (Lipinski definition) is 7. The Kier molecular flexibility index (Phi) is 3.53. The molecule has 1 aliphatic heterocycles. The first-order valence-corrected chi connectivity index (χ1v) is 6.71. The van der Waals surface area contributed by atoms with Gasteiger partial charge >= 0.3 is 5.97 Å². The summed E-state index contributed by atoms with van der Waals surface area (Å²) in [5, 5.41) is 8.15. The average Bonchev–Trinajstić information content (AvgIpc) is 2.90. The molecule has 0 unspecified atom stereocenters. The molecule has 1 aliphatic rings. The number of anilines is 1. The van der Waals surface area contributed by atoms with E-state index in [1.165, 1.54) is 18.7 Å². The largest absolute Gasteiger partial charge is 0.459 e. The molecule has 0 bridgehead atoms. The monoisotopic (exact) mass is 302 g/mol. The highest BCUT2D eigenvalue weighted by molar-refractivity contribution is 5.90. The van der Waals surface area contributed by atoms with Gasteiger partial charge in [0.15, 0.2) is 5.82 Å². The summed E-state index contributed by atoms with van der Waals surface area (Å²) >= 11 is 0. The topological polar surface area (TPSA) is 103 Å². The van der Waals surface area contributed by atoms with E-state index in [9.17, 15) is 9.59 Å². The van der Waals surface area contributed by atoms with E-state index in [0.717, 1.165) is 0 Å². The minimum absolute atomic E-state index is 0.198. The predicted octanol–water partition coefficient (Wildman–Crippen LogP) is 0.0333. The highest BCUT2D eigenvalue weighted by Gasteiger charge is 2.32. The number of rotatable bonds is 2. The van der Waals surface area contributed by atoms with Gasteiger partial charge in [-0.2, -0.15) is 0 Å². The predicted molar refractivity (Wildman–Crippen MR) is 74.6 cm³/mol. The summed E-state index contributed by atoms with van der Waals surface area (Å²) < 4.78 is 6.95. The highest BCUT2D eigenvalue weighted by atomic mass is 16.5. The van der Waals surface area contributed by atoms with Crippen LogP contribution in [0.4, 0.5) is 5.95 Å². The normalized spacial score (nSPS) is 17.0. The molecule has 9 nitrogen and oxygen atoms in total. The van der Waals surface area contributed by atoms with Crippen LogP contribution in [0.2, 0.25) is 0 Å². The van der Waals surface area contributed by atoms with Crippen molar-refractivity contribution >= 4 is 17.8 Å². The number of carbonyl (C=O) groups excluding carboxylic acids is 2. The third-order valence-corrected chi connectivity index (χ3v) is 3.25. The Morgan fingerprint density at radius 1 is 1.23 bits per heavy atom. The molecule has 22 heavy (non-hydrogen) atoms. The number of hydrogen-bond donors (Lipinski definition) is 0. The molecule has 9 heteroatoms. The summed E-state index contributed by atoms with van der Waals surface area (Å²) in [4.78, 5) is 32.6. The van der Waals surface area contributed by atoms with Crippen LogP contribution in [0.15, 0.2) is 18.6 Å².